The Kier molecular flexibility index (Phi) is 2.56. The summed E-state index contributed by atoms with van der Waals surface area (Å²) < 4.78 is 0.840. The summed E-state index contributed by atoms with van der Waals surface area (Å²) in [4.78, 5) is 11.1. The normalized spacial score (nSPS) is 9.83. The van der Waals surface area contributed by atoms with E-state index < -0.39 is 0 Å². The quantitative estimate of drug-likeness (QED) is 0.465. The van der Waals surface area contributed by atoms with Crippen LogP contribution in [0.2, 0.25) is 0 Å². The fourth-order valence-electron chi connectivity index (χ4n) is 0.967. The fourth-order valence-corrected chi connectivity index (χ4v) is 1.82. The van der Waals surface area contributed by atoms with Gasteiger partial charge < -0.3 is 11.5 Å². The third kappa shape index (κ3) is 1.52. The summed E-state index contributed by atoms with van der Waals surface area (Å²) in [7, 11) is 0. The molecule has 0 saturated carbocycles. The van der Waals surface area contributed by atoms with Gasteiger partial charge in [-0.3, -0.25) is 4.79 Å². The highest BCUT2D eigenvalue weighted by Crippen LogP contribution is 2.25. The molecule has 0 aliphatic carbocycles. The SMILES string of the molecule is CC(=O)c1c(I)ccc(N)c1N. The number of carbonyl (C=O) groups is 1. The van der Waals surface area contributed by atoms with Gasteiger partial charge in [-0.2, -0.15) is 0 Å². The van der Waals surface area contributed by atoms with Crippen LogP contribution in [0.5, 0.6) is 0 Å². The lowest BCUT2D eigenvalue weighted by atomic mass is 10.1. The molecule has 0 spiro atoms. The highest BCUT2D eigenvalue weighted by molar-refractivity contribution is 14.1. The number of ketones is 1. The minimum Gasteiger partial charge on any atom is -0.397 e. The van der Waals surface area contributed by atoms with Gasteiger partial charge >= 0.3 is 0 Å². The van der Waals surface area contributed by atoms with Gasteiger partial charge in [0, 0.05) is 3.57 Å². The molecule has 0 heterocycles. The van der Waals surface area contributed by atoms with E-state index in [2.05, 4.69) is 22.6 Å². The number of hydrogen-bond donors (Lipinski definition) is 2. The molecule has 0 fully saturated rings. The lowest BCUT2D eigenvalue weighted by Crippen LogP contribution is -2.05. The van der Waals surface area contributed by atoms with Gasteiger partial charge in [0.05, 0.1) is 16.9 Å². The van der Waals surface area contributed by atoms with Crippen molar-refractivity contribution in [1.29, 1.82) is 0 Å². The highest BCUT2D eigenvalue weighted by atomic mass is 127. The van der Waals surface area contributed by atoms with Crippen molar-refractivity contribution in [3.8, 4) is 0 Å². The van der Waals surface area contributed by atoms with Crippen molar-refractivity contribution >= 4 is 39.7 Å². The molecule has 0 saturated heterocycles. The molecule has 1 rings (SSSR count). The van der Waals surface area contributed by atoms with E-state index in [0.717, 1.165) is 3.57 Å². The van der Waals surface area contributed by atoms with Crippen LogP contribution >= 0.6 is 22.6 Å². The zero-order chi connectivity index (χ0) is 9.30. The molecule has 0 bridgehead atoms. The molecule has 0 atom stereocenters. The molecule has 0 amide bonds. The smallest absolute Gasteiger partial charge is 0.163 e. The van der Waals surface area contributed by atoms with E-state index in [-0.39, 0.29) is 5.78 Å². The number of Topliss-reactive ketones (excluding diaryl/α,β-unsaturated/α-hetero) is 1. The Hall–Kier alpha value is -0.780. The molecule has 4 heteroatoms. The van der Waals surface area contributed by atoms with E-state index in [4.69, 9.17) is 11.5 Å². The van der Waals surface area contributed by atoms with E-state index in [1.807, 2.05) is 0 Å². The van der Waals surface area contributed by atoms with Crippen LogP contribution in [0.1, 0.15) is 17.3 Å². The number of nitrogens with two attached hydrogens (primary N) is 2. The zero-order valence-electron chi connectivity index (χ0n) is 6.60. The van der Waals surface area contributed by atoms with Crippen LogP contribution in [-0.2, 0) is 0 Å². The maximum atomic E-state index is 11.1. The molecule has 4 N–H and O–H groups in total. The van der Waals surface area contributed by atoms with E-state index in [9.17, 15) is 4.79 Å². The van der Waals surface area contributed by atoms with Crippen molar-refractivity contribution in [2.45, 2.75) is 6.92 Å². The molecule has 1 aromatic rings. The number of rotatable bonds is 1. The summed E-state index contributed by atoms with van der Waals surface area (Å²) in [5, 5.41) is 0. The number of benzene rings is 1. The van der Waals surface area contributed by atoms with Crippen LogP contribution in [0.25, 0.3) is 0 Å². The monoisotopic (exact) mass is 276 g/mol. The van der Waals surface area contributed by atoms with Gasteiger partial charge in [-0.15, -0.1) is 0 Å². The Morgan fingerprint density at radius 2 is 2.00 bits per heavy atom. The summed E-state index contributed by atoms with van der Waals surface area (Å²) in [6.07, 6.45) is 0. The third-order valence-corrected chi connectivity index (χ3v) is 2.48. The molecule has 1 aromatic carbocycles. The average Bonchev–Trinajstić information content (AvgIpc) is 1.97. The third-order valence-electron chi connectivity index (χ3n) is 1.58. The van der Waals surface area contributed by atoms with Gasteiger partial charge in [0.25, 0.3) is 0 Å². The lowest BCUT2D eigenvalue weighted by molar-refractivity contribution is 0.101. The first-order valence-corrected chi connectivity index (χ1v) is 4.46. The number of hydrogen-bond acceptors (Lipinski definition) is 3. The maximum absolute atomic E-state index is 11.1. The van der Waals surface area contributed by atoms with Crippen molar-refractivity contribution in [3.05, 3.63) is 21.3 Å². The highest BCUT2D eigenvalue weighted by Gasteiger charge is 2.10. The Labute approximate surface area is 84.3 Å². The van der Waals surface area contributed by atoms with Crippen LogP contribution in [0, 0.1) is 3.57 Å². The number of nitrogen functional groups attached to an aromatic ring is 2. The summed E-state index contributed by atoms with van der Waals surface area (Å²) in [5.41, 5.74) is 12.5. The van der Waals surface area contributed by atoms with Crippen LogP contribution in [0.3, 0.4) is 0 Å². The molecular weight excluding hydrogens is 267 g/mol. The Morgan fingerprint density at radius 3 is 2.42 bits per heavy atom. The number of carbonyl (C=O) groups excluding carboxylic acids is 1. The molecule has 12 heavy (non-hydrogen) atoms. The van der Waals surface area contributed by atoms with E-state index in [0.29, 0.717) is 16.9 Å². The Bertz CT molecular complexity index is 336. The van der Waals surface area contributed by atoms with E-state index in [1.165, 1.54) is 6.92 Å². The van der Waals surface area contributed by atoms with Gasteiger partial charge in [-0.1, -0.05) is 0 Å². The first-order chi connectivity index (χ1) is 5.54. The summed E-state index contributed by atoms with van der Waals surface area (Å²) in [6.45, 7) is 1.48. The van der Waals surface area contributed by atoms with Crippen molar-refractivity contribution in [1.82, 2.24) is 0 Å². The largest absolute Gasteiger partial charge is 0.397 e. The molecule has 0 aliphatic heterocycles. The minimum absolute atomic E-state index is 0.0517. The van der Waals surface area contributed by atoms with Gasteiger partial charge in [0.15, 0.2) is 5.78 Å². The van der Waals surface area contributed by atoms with E-state index in [1.54, 1.807) is 12.1 Å². The van der Waals surface area contributed by atoms with Gasteiger partial charge in [-0.25, -0.2) is 0 Å². The van der Waals surface area contributed by atoms with Crippen molar-refractivity contribution in [2.75, 3.05) is 11.5 Å². The lowest BCUT2D eigenvalue weighted by Gasteiger charge is -2.06. The molecule has 3 nitrogen and oxygen atoms in total. The van der Waals surface area contributed by atoms with Crippen LogP contribution in [-0.4, -0.2) is 5.78 Å². The summed E-state index contributed by atoms with van der Waals surface area (Å²) in [5.74, 6) is -0.0517. The first kappa shape index (κ1) is 9.31. The van der Waals surface area contributed by atoms with Crippen LogP contribution < -0.4 is 11.5 Å². The molecule has 64 valence electrons. The van der Waals surface area contributed by atoms with Gasteiger partial charge in [-0.05, 0) is 41.6 Å². The second kappa shape index (κ2) is 3.30. The average molecular weight is 276 g/mol. The van der Waals surface area contributed by atoms with Gasteiger partial charge in [0.1, 0.15) is 0 Å². The van der Waals surface area contributed by atoms with Crippen LogP contribution in [0.4, 0.5) is 11.4 Å². The van der Waals surface area contributed by atoms with Crippen molar-refractivity contribution in [3.63, 3.8) is 0 Å². The van der Waals surface area contributed by atoms with Crippen LogP contribution in [0.15, 0.2) is 12.1 Å². The predicted molar refractivity (Wildman–Crippen MR) is 58.0 cm³/mol. The van der Waals surface area contributed by atoms with Crippen molar-refractivity contribution < 1.29 is 4.79 Å². The minimum atomic E-state index is -0.0517. The molecule has 0 aliphatic rings. The molecule has 0 radical (unpaired) electrons. The molecule has 0 unspecified atom stereocenters. The molecule has 0 aromatic heterocycles. The fraction of sp³-hybridized carbons (Fsp3) is 0.125. The maximum Gasteiger partial charge on any atom is 0.163 e. The number of anilines is 2. The van der Waals surface area contributed by atoms with Gasteiger partial charge in [0.2, 0.25) is 0 Å². The Balaban J connectivity index is 3.43. The number of halogens is 1. The first-order valence-electron chi connectivity index (χ1n) is 3.38. The van der Waals surface area contributed by atoms with Crippen molar-refractivity contribution in [2.24, 2.45) is 0 Å². The predicted octanol–water partition coefficient (Wildman–Crippen LogP) is 1.66. The topological polar surface area (TPSA) is 69.1 Å². The zero-order valence-corrected chi connectivity index (χ0v) is 8.75. The summed E-state index contributed by atoms with van der Waals surface area (Å²) >= 11 is 2.06. The second-order valence-electron chi connectivity index (χ2n) is 2.48. The Morgan fingerprint density at radius 1 is 1.42 bits per heavy atom. The summed E-state index contributed by atoms with van der Waals surface area (Å²) in [6, 6.07) is 3.48. The second-order valence-corrected chi connectivity index (χ2v) is 3.64. The molecular formula is C8H9IN2O. The standard InChI is InChI=1S/C8H9IN2O/c1-4(12)7-5(9)2-3-6(10)8(7)11/h2-3H,10-11H2,1H3. The van der Waals surface area contributed by atoms with E-state index >= 15 is 0 Å².